The van der Waals surface area contributed by atoms with Crippen molar-refractivity contribution >= 4 is 0 Å². The van der Waals surface area contributed by atoms with Crippen LogP contribution in [0, 0.1) is 23.7 Å². The lowest BCUT2D eigenvalue weighted by Gasteiger charge is -2.42. The van der Waals surface area contributed by atoms with Crippen LogP contribution in [0.2, 0.25) is 0 Å². The van der Waals surface area contributed by atoms with Crippen LogP contribution in [-0.4, -0.2) is 24.4 Å². The van der Waals surface area contributed by atoms with Crippen LogP contribution in [0.15, 0.2) is 0 Å². The van der Waals surface area contributed by atoms with Crippen molar-refractivity contribution in [3.05, 3.63) is 0 Å². The van der Waals surface area contributed by atoms with Crippen LogP contribution in [0.1, 0.15) is 53.4 Å². The average molecular weight is 252 g/mol. The van der Waals surface area contributed by atoms with E-state index in [-0.39, 0.29) is 11.2 Å². The third-order valence-corrected chi connectivity index (χ3v) is 6.41. The van der Waals surface area contributed by atoms with Gasteiger partial charge in [-0.25, -0.2) is 0 Å². The van der Waals surface area contributed by atoms with Crippen LogP contribution in [-0.2, 0) is 9.47 Å². The van der Waals surface area contributed by atoms with E-state index >= 15 is 0 Å². The Balaban J connectivity index is 2.01. The Morgan fingerprint density at radius 1 is 1.17 bits per heavy atom. The summed E-state index contributed by atoms with van der Waals surface area (Å²) >= 11 is 0. The molecule has 0 aromatic carbocycles. The van der Waals surface area contributed by atoms with E-state index in [1.54, 1.807) is 0 Å². The van der Waals surface area contributed by atoms with E-state index in [9.17, 15) is 0 Å². The van der Waals surface area contributed by atoms with Gasteiger partial charge in [0.15, 0.2) is 0 Å². The van der Waals surface area contributed by atoms with E-state index < -0.39 is 0 Å². The maximum Gasteiger partial charge on any atom is 0.0750 e. The Morgan fingerprint density at radius 2 is 1.89 bits per heavy atom. The minimum Gasteiger partial charge on any atom is -0.381 e. The first-order chi connectivity index (χ1) is 8.40. The molecule has 104 valence electrons. The topological polar surface area (TPSA) is 18.5 Å². The molecule has 2 bridgehead atoms. The predicted octanol–water partition coefficient (Wildman–Crippen LogP) is 3.64. The molecular formula is C16H28O2. The lowest BCUT2D eigenvalue weighted by Crippen LogP contribution is -2.46. The summed E-state index contributed by atoms with van der Waals surface area (Å²) in [7, 11) is 1.89. The number of hydrogen-bond acceptors (Lipinski definition) is 2. The predicted molar refractivity (Wildman–Crippen MR) is 72.5 cm³/mol. The summed E-state index contributed by atoms with van der Waals surface area (Å²) in [6, 6.07) is 0. The molecule has 18 heavy (non-hydrogen) atoms. The summed E-state index contributed by atoms with van der Waals surface area (Å²) in [6.45, 7) is 9.36. The van der Waals surface area contributed by atoms with Crippen molar-refractivity contribution in [3.8, 4) is 0 Å². The van der Waals surface area contributed by atoms with Crippen molar-refractivity contribution in [2.75, 3.05) is 7.11 Å². The molecule has 2 saturated carbocycles. The molecule has 0 radical (unpaired) electrons. The second-order valence-electron chi connectivity index (χ2n) is 7.52. The van der Waals surface area contributed by atoms with E-state index in [1.165, 1.54) is 25.7 Å². The zero-order valence-corrected chi connectivity index (χ0v) is 12.5. The zero-order valence-electron chi connectivity index (χ0n) is 12.5. The highest BCUT2D eigenvalue weighted by Gasteiger charge is 2.63. The van der Waals surface area contributed by atoms with Crippen molar-refractivity contribution in [2.45, 2.75) is 70.7 Å². The molecule has 3 fully saturated rings. The molecule has 0 aromatic heterocycles. The average Bonchev–Trinajstić information content (AvgIpc) is 2.69. The van der Waals surface area contributed by atoms with Gasteiger partial charge >= 0.3 is 0 Å². The van der Waals surface area contributed by atoms with E-state index in [0.29, 0.717) is 29.8 Å². The Bertz CT molecular complexity index is 338. The van der Waals surface area contributed by atoms with Gasteiger partial charge in [0.25, 0.3) is 0 Å². The number of ether oxygens (including phenoxy) is 2. The van der Waals surface area contributed by atoms with E-state index in [4.69, 9.17) is 9.47 Å². The lowest BCUT2D eigenvalue weighted by molar-refractivity contribution is -0.160. The summed E-state index contributed by atoms with van der Waals surface area (Å²) in [6.07, 6.45) is 5.51. The van der Waals surface area contributed by atoms with Crippen molar-refractivity contribution < 1.29 is 9.47 Å². The lowest BCUT2D eigenvalue weighted by atomic mass is 9.76. The molecular weight excluding hydrogens is 224 g/mol. The molecule has 2 heteroatoms. The maximum absolute atomic E-state index is 6.68. The number of rotatable bonds is 1. The molecule has 3 rings (SSSR count). The molecule has 2 aliphatic carbocycles. The molecule has 2 nitrogen and oxygen atoms in total. The van der Waals surface area contributed by atoms with Crippen molar-refractivity contribution in [3.63, 3.8) is 0 Å². The molecule has 1 aliphatic heterocycles. The zero-order chi connectivity index (χ0) is 13.1. The van der Waals surface area contributed by atoms with Gasteiger partial charge in [-0.15, -0.1) is 0 Å². The fourth-order valence-corrected chi connectivity index (χ4v) is 5.20. The summed E-state index contributed by atoms with van der Waals surface area (Å²) in [5, 5.41) is 0. The van der Waals surface area contributed by atoms with Crippen molar-refractivity contribution in [1.29, 1.82) is 0 Å². The minimum absolute atomic E-state index is 0.0355. The van der Waals surface area contributed by atoms with Gasteiger partial charge < -0.3 is 9.47 Å². The normalized spacial score (nSPS) is 54.2. The van der Waals surface area contributed by atoms with E-state index in [1.807, 2.05) is 7.11 Å². The number of fused-ring (bicyclic) bond motifs is 1. The van der Waals surface area contributed by atoms with Gasteiger partial charge in [-0.05, 0) is 63.2 Å². The van der Waals surface area contributed by atoms with Crippen molar-refractivity contribution in [1.82, 2.24) is 0 Å². The highest BCUT2D eigenvalue weighted by Crippen LogP contribution is 2.61. The van der Waals surface area contributed by atoms with Gasteiger partial charge in [0.2, 0.25) is 0 Å². The number of hydrogen-bond donors (Lipinski definition) is 0. The third kappa shape index (κ3) is 1.54. The molecule has 6 atom stereocenters. The summed E-state index contributed by atoms with van der Waals surface area (Å²) in [5.41, 5.74) is 0.189. The van der Waals surface area contributed by atoms with Gasteiger partial charge in [-0.2, -0.15) is 0 Å². The van der Waals surface area contributed by atoms with Gasteiger partial charge in [-0.3, -0.25) is 0 Å². The highest BCUT2D eigenvalue weighted by atomic mass is 16.5. The first-order valence-electron chi connectivity index (χ1n) is 7.63. The first-order valence-corrected chi connectivity index (χ1v) is 7.63. The Labute approximate surface area is 111 Å². The Kier molecular flexibility index (Phi) is 2.84. The first kappa shape index (κ1) is 12.9. The van der Waals surface area contributed by atoms with Crippen LogP contribution < -0.4 is 0 Å². The van der Waals surface area contributed by atoms with Gasteiger partial charge in [0.1, 0.15) is 0 Å². The largest absolute Gasteiger partial charge is 0.381 e. The van der Waals surface area contributed by atoms with Gasteiger partial charge in [0.05, 0.1) is 17.3 Å². The molecule has 1 heterocycles. The third-order valence-electron chi connectivity index (χ3n) is 6.41. The Hall–Kier alpha value is -0.0800. The summed E-state index contributed by atoms with van der Waals surface area (Å²) in [4.78, 5) is 0. The fourth-order valence-electron chi connectivity index (χ4n) is 5.20. The maximum atomic E-state index is 6.68. The fraction of sp³-hybridized carbons (Fsp3) is 1.00. The molecule has 0 N–H and O–H groups in total. The quantitative estimate of drug-likeness (QED) is 0.709. The van der Waals surface area contributed by atoms with Gasteiger partial charge in [0, 0.05) is 7.11 Å². The van der Waals surface area contributed by atoms with Crippen molar-refractivity contribution in [2.24, 2.45) is 23.7 Å². The second kappa shape index (κ2) is 3.96. The van der Waals surface area contributed by atoms with E-state index in [2.05, 4.69) is 27.7 Å². The molecule has 1 spiro atoms. The summed E-state index contributed by atoms with van der Waals surface area (Å²) < 4.78 is 12.5. The number of methoxy groups -OCH3 is 1. The monoisotopic (exact) mass is 252 g/mol. The molecule has 6 unspecified atom stereocenters. The van der Waals surface area contributed by atoms with Crippen LogP contribution in [0.3, 0.4) is 0 Å². The summed E-state index contributed by atoms with van der Waals surface area (Å²) in [5.74, 6) is 2.71. The van der Waals surface area contributed by atoms with Crippen LogP contribution in [0.4, 0.5) is 0 Å². The standard InChI is InChI=1S/C16H28O2/c1-10-6-7-13-11(2)14(17-5)8-12-9-16(10,13)18-15(12,3)4/h10-14H,6-9H2,1-5H3. The minimum atomic E-state index is 0.0355. The smallest absolute Gasteiger partial charge is 0.0750 e. The van der Waals surface area contributed by atoms with Crippen LogP contribution >= 0.6 is 0 Å². The molecule has 3 aliphatic rings. The second-order valence-corrected chi connectivity index (χ2v) is 7.52. The molecule has 0 aromatic rings. The molecule has 1 saturated heterocycles. The van der Waals surface area contributed by atoms with E-state index in [0.717, 1.165) is 0 Å². The Morgan fingerprint density at radius 3 is 2.56 bits per heavy atom. The van der Waals surface area contributed by atoms with Gasteiger partial charge in [-0.1, -0.05) is 13.8 Å². The van der Waals surface area contributed by atoms with Crippen LogP contribution in [0.5, 0.6) is 0 Å². The SMILES string of the molecule is COC1CC2CC3(OC2(C)C)C(C)CCC3C1C. The van der Waals surface area contributed by atoms with Crippen LogP contribution in [0.25, 0.3) is 0 Å². The molecule has 0 amide bonds. The highest BCUT2D eigenvalue weighted by molar-refractivity contribution is 5.12.